The van der Waals surface area contributed by atoms with E-state index < -0.39 is 0 Å². The number of pyridine rings is 1. The van der Waals surface area contributed by atoms with Crippen LogP contribution in [0, 0.1) is 12.7 Å². The van der Waals surface area contributed by atoms with Crippen LogP contribution in [0.1, 0.15) is 40.8 Å². The van der Waals surface area contributed by atoms with Crippen LogP contribution in [0.15, 0.2) is 48.8 Å². The van der Waals surface area contributed by atoms with E-state index in [0.717, 1.165) is 78.6 Å². The number of ether oxygens (including phenoxy) is 1. The first kappa shape index (κ1) is 28.8. The molecule has 0 atom stereocenters. The van der Waals surface area contributed by atoms with Crippen LogP contribution in [0.5, 0.6) is 5.75 Å². The molecule has 0 aliphatic carbocycles. The number of anilines is 1. The number of nitrogens with zero attached hydrogens (tertiary/aromatic N) is 5. The molecule has 1 fully saturated rings. The van der Waals surface area contributed by atoms with Crippen LogP contribution >= 0.6 is 24.8 Å². The highest BCUT2D eigenvalue weighted by Crippen LogP contribution is 2.35. The van der Waals surface area contributed by atoms with Crippen molar-refractivity contribution < 1.29 is 13.9 Å². The van der Waals surface area contributed by atoms with E-state index in [2.05, 4.69) is 25.8 Å². The molecule has 2 aromatic carbocycles. The Hall–Kier alpha value is -3.20. The van der Waals surface area contributed by atoms with Crippen LogP contribution in [0.4, 0.5) is 10.1 Å². The second-order valence-corrected chi connectivity index (χ2v) is 9.76. The summed E-state index contributed by atoms with van der Waals surface area (Å²) in [5.41, 5.74) is 5.94. The number of piperazine rings is 1. The van der Waals surface area contributed by atoms with E-state index in [1.165, 1.54) is 6.07 Å². The number of ketones is 1. The molecule has 0 unspecified atom stereocenters. The van der Waals surface area contributed by atoms with Gasteiger partial charge in [0.2, 0.25) is 0 Å². The summed E-state index contributed by atoms with van der Waals surface area (Å²) in [5, 5.41) is 0.996. The number of benzene rings is 2. The number of halogens is 3. The Kier molecular flexibility index (Phi) is 8.79. The molecule has 2 aliphatic heterocycles. The Morgan fingerprint density at radius 3 is 2.62 bits per heavy atom. The van der Waals surface area contributed by atoms with Gasteiger partial charge in [0.15, 0.2) is 5.78 Å². The normalized spacial score (nSPS) is 14.6. The van der Waals surface area contributed by atoms with Gasteiger partial charge in [0.1, 0.15) is 30.2 Å². The lowest BCUT2D eigenvalue weighted by Crippen LogP contribution is -2.47. The molecule has 4 aromatic rings. The monoisotopic (exact) mass is 571 g/mol. The summed E-state index contributed by atoms with van der Waals surface area (Å²) in [6, 6.07) is 13.3. The molecular formula is C29H32Cl2FN5O2. The van der Waals surface area contributed by atoms with E-state index in [4.69, 9.17) is 4.74 Å². The fourth-order valence-corrected chi connectivity index (χ4v) is 5.42. The standard InChI is InChI=1S/C29H30FN5O2.2ClH/c1-3-27(36)28-26-17-37-29-20(5-4-6-24(29)35(26)18-31-28)9-10-33-11-13-34(14-12-33)25-16-21(30)15-23-22(25)8-7-19(2)32-23;;/h4-8,15-16,18H,3,9-14,17H2,1-2H3;2*1H. The lowest BCUT2D eigenvalue weighted by Gasteiger charge is -2.36. The lowest BCUT2D eigenvalue weighted by molar-refractivity contribution is 0.0980. The molecule has 0 bridgehead atoms. The van der Waals surface area contributed by atoms with Gasteiger partial charge in [-0.3, -0.25) is 19.2 Å². The van der Waals surface area contributed by atoms with Crippen molar-refractivity contribution >= 4 is 47.2 Å². The SMILES string of the molecule is CCC(=O)c1ncn2c1COc1c(CCN3CCN(c4cc(F)cc5nc(C)ccc45)CC3)cccc1-2.Cl.Cl. The number of fused-ring (bicyclic) bond motifs is 4. The number of carbonyl (C=O) groups is 1. The van der Waals surface area contributed by atoms with Crippen molar-refractivity contribution in [1.29, 1.82) is 0 Å². The van der Waals surface area contributed by atoms with E-state index in [1.807, 2.05) is 42.7 Å². The Morgan fingerprint density at radius 1 is 1.05 bits per heavy atom. The fraction of sp³-hybridized carbons (Fsp3) is 0.345. The van der Waals surface area contributed by atoms with Crippen LogP contribution in [-0.2, 0) is 13.0 Å². The molecule has 2 aliphatic rings. The molecule has 0 radical (unpaired) electrons. The van der Waals surface area contributed by atoms with Crippen LogP contribution < -0.4 is 9.64 Å². The minimum atomic E-state index is -0.246. The van der Waals surface area contributed by atoms with Crippen molar-refractivity contribution in [1.82, 2.24) is 19.4 Å². The summed E-state index contributed by atoms with van der Waals surface area (Å²) in [5.74, 6) is 0.661. The predicted octanol–water partition coefficient (Wildman–Crippen LogP) is 5.56. The largest absolute Gasteiger partial charge is 0.485 e. The third kappa shape index (κ3) is 5.46. The van der Waals surface area contributed by atoms with Crippen molar-refractivity contribution in [3.8, 4) is 11.4 Å². The zero-order valence-electron chi connectivity index (χ0n) is 22.0. The van der Waals surface area contributed by atoms with Gasteiger partial charge < -0.3 is 9.64 Å². The summed E-state index contributed by atoms with van der Waals surface area (Å²) in [7, 11) is 0. The smallest absolute Gasteiger partial charge is 0.182 e. The van der Waals surface area contributed by atoms with E-state index in [-0.39, 0.29) is 36.4 Å². The average molecular weight is 573 g/mol. The van der Waals surface area contributed by atoms with Gasteiger partial charge in [-0.05, 0) is 43.2 Å². The zero-order chi connectivity index (χ0) is 25.5. The first-order valence-corrected chi connectivity index (χ1v) is 12.9. The quantitative estimate of drug-likeness (QED) is 0.282. The number of hydrogen-bond acceptors (Lipinski definition) is 6. The highest BCUT2D eigenvalue weighted by molar-refractivity contribution is 5.95. The molecular weight excluding hydrogens is 540 g/mol. The second-order valence-electron chi connectivity index (χ2n) is 9.76. The predicted molar refractivity (Wildman–Crippen MR) is 156 cm³/mol. The molecule has 0 N–H and O–H groups in total. The number of aromatic nitrogens is 3. The maximum absolute atomic E-state index is 14.3. The molecule has 6 rings (SSSR count). The van der Waals surface area contributed by atoms with Crippen molar-refractivity contribution in [3.63, 3.8) is 0 Å². The van der Waals surface area contributed by atoms with Crippen LogP contribution in [0.2, 0.25) is 0 Å². The number of Topliss-reactive ketones (excluding diaryl/α,β-unsaturated/α-hetero) is 1. The van der Waals surface area contributed by atoms with Gasteiger partial charge in [0, 0.05) is 62.0 Å². The van der Waals surface area contributed by atoms with Gasteiger partial charge in [-0.2, -0.15) is 0 Å². The van der Waals surface area contributed by atoms with E-state index in [0.29, 0.717) is 24.2 Å². The van der Waals surface area contributed by atoms with E-state index in [9.17, 15) is 9.18 Å². The summed E-state index contributed by atoms with van der Waals surface area (Å²) < 4.78 is 22.5. The maximum atomic E-state index is 14.3. The summed E-state index contributed by atoms with van der Waals surface area (Å²) in [6.07, 6.45) is 3.02. The van der Waals surface area contributed by atoms with Crippen LogP contribution in [0.3, 0.4) is 0 Å². The Bertz CT molecular complexity index is 1500. The molecule has 4 heterocycles. The molecule has 2 aromatic heterocycles. The Morgan fingerprint density at radius 2 is 1.85 bits per heavy atom. The number of imidazole rings is 1. The lowest BCUT2D eigenvalue weighted by atomic mass is 10.1. The molecule has 7 nitrogen and oxygen atoms in total. The van der Waals surface area contributed by atoms with Gasteiger partial charge in [0.05, 0.1) is 16.9 Å². The fourth-order valence-electron chi connectivity index (χ4n) is 5.42. The number of para-hydroxylation sites is 1. The number of rotatable bonds is 6. The van der Waals surface area contributed by atoms with Gasteiger partial charge in [0.25, 0.3) is 0 Å². The van der Waals surface area contributed by atoms with Gasteiger partial charge in [-0.1, -0.05) is 19.1 Å². The maximum Gasteiger partial charge on any atom is 0.182 e. The molecule has 206 valence electrons. The molecule has 39 heavy (non-hydrogen) atoms. The third-order valence-electron chi connectivity index (χ3n) is 7.44. The minimum Gasteiger partial charge on any atom is -0.485 e. The topological polar surface area (TPSA) is 63.5 Å². The van der Waals surface area contributed by atoms with Crippen LogP contribution in [-0.4, -0.2) is 57.9 Å². The third-order valence-corrected chi connectivity index (χ3v) is 7.44. The van der Waals surface area contributed by atoms with E-state index >= 15 is 0 Å². The first-order chi connectivity index (χ1) is 18.0. The Labute approximate surface area is 239 Å². The van der Waals surface area contributed by atoms with Gasteiger partial charge in [-0.15, -0.1) is 24.8 Å². The van der Waals surface area contributed by atoms with Crippen LogP contribution in [0.25, 0.3) is 16.6 Å². The van der Waals surface area contributed by atoms with Crippen molar-refractivity contribution in [2.24, 2.45) is 0 Å². The first-order valence-electron chi connectivity index (χ1n) is 12.9. The van der Waals surface area contributed by atoms with Gasteiger partial charge >= 0.3 is 0 Å². The van der Waals surface area contributed by atoms with E-state index in [1.54, 1.807) is 12.4 Å². The number of hydrogen-bond donors (Lipinski definition) is 0. The summed E-state index contributed by atoms with van der Waals surface area (Å²) in [4.78, 5) is 25.9. The minimum absolute atomic E-state index is 0. The molecule has 10 heteroatoms. The molecule has 0 saturated carbocycles. The number of carbonyl (C=O) groups excluding carboxylic acids is 1. The highest BCUT2D eigenvalue weighted by atomic mass is 35.5. The van der Waals surface area contributed by atoms with Gasteiger partial charge in [-0.25, -0.2) is 9.37 Å². The molecule has 1 saturated heterocycles. The Balaban J connectivity index is 0.00000176. The average Bonchev–Trinajstić information content (AvgIpc) is 3.36. The van der Waals surface area contributed by atoms with Crippen molar-refractivity contribution in [3.05, 3.63) is 77.3 Å². The van der Waals surface area contributed by atoms with Crippen molar-refractivity contribution in [2.45, 2.75) is 33.3 Å². The summed E-state index contributed by atoms with van der Waals surface area (Å²) >= 11 is 0. The second kappa shape index (κ2) is 11.9. The molecule has 0 spiro atoms. The van der Waals surface area contributed by atoms with Crippen molar-refractivity contribution in [2.75, 3.05) is 37.6 Å². The molecule has 0 amide bonds. The summed E-state index contributed by atoms with van der Waals surface area (Å²) in [6.45, 7) is 8.51. The zero-order valence-corrected chi connectivity index (χ0v) is 23.7. The highest BCUT2D eigenvalue weighted by Gasteiger charge is 2.26. The number of aryl methyl sites for hydroxylation is 1.